The van der Waals surface area contributed by atoms with Crippen LogP contribution in [0.1, 0.15) is 26.2 Å². The van der Waals surface area contributed by atoms with Gasteiger partial charge in [-0.15, -0.1) is 0 Å². The molecule has 1 rings (SSSR count). The molecule has 0 aromatic heterocycles. The predicted octanol–water partition coefficient (Wildman–Crippen LogP) is 0.605. The fourth-order valence-corrected chi connectivity index (χ4v) is 1.96. The molecule has 0 bridgehead atoms. The number of aliphatic carboxylic acids is 1. The Labute approximate surface area is 78.1 Å². The zero-order valence-electron chi connectivity index (χ0n) is 7.95. The van der Waals surface area contributed by atoms with Crippen molar-refractivity contribution >= 4 is 5.97 Å². The smallest absolute Gasteiger partial charge is 0.303 e. The normalized spacial score (nSPS) is 32.6. The summed E-state index contributed by atoms with van der Waals surface area (Å²) < 4.78 is 5.37. The predicted molar refractivity (Wildman–Crippen MR) is 48.4 cm³/mol. The minimum Gasteiger partial charge on any atom is -0.481 e. The molecule has 0 aromatic carbocycles. The van der Waals surface area contributed by atoms with E-state index in [1.807, 2.05) is 6.92 Å². The van der Waals surface area contributed by atoms with Gasteiger partial charge in [-0.3, -0.25) is 4.79 Å². The first-order valence-electron chi connectivity index (χ1n) is 4.65. The summed E-state index contributed by atoms with van der Waals surface area (Å²) in [6.07, 6.45) is 1.99. The molecule has 0 amide bonds. The van der Waals surface area contributed by atoms with Gasteiger partial charge in [-0.1, -0.05) is 0 Å². The Morgan fingerprint density at radius 1 is 1.69 bits per heavy atom. The molecule has 3 N–H and O–H groups in total. The van der Waals surface area contributed by atoms with Crippen molar-refractivity contribution in [2.24, 2.45) is 11.1 Å². The Balaban J connectivity index is 2.36. The second-order valence-corrected chi connectivity index (χ2v) is 3.76. The number of hydrogen-bond acceptors (Lipinski definition) is 3. The topological polar surface area (TPSA) is 72.5 Å². The van der Waals surface area contributed by atoms with Crippen molar-refractivity contribution in [1.82, 2.24) is 0 Å². The van der Waals surface area contributed by atoms with Crippen LogP contribution in [0.2, 0.25) is 0 Å². The van der Waals surface area contributed by atoms with E-state index in [1.54, 1.807) is 0 Å². The van der Waals surface area contributed by atoms with Crippen molar-refractivity contribution in [3.8, 4) is 0 Å². The minimum atomic E-state index is -0.764. The Bertz CT molecular complexity index is 187. The molecular formula is C9H17NO3. The summed E-state index contributed by atoms with van der Waals surface area (Å²) in [5.74, 6) is -0.764. The highest BCUT2D eigenvalue weighted by molar-refractivity contribution is 5.68. The largest absolute Gasteiger partial charge is 0.481 e. The standard InChI is InChI=1S/C9H17NO3/c1-2-13-7-3-9(4-7,6-10)5-8(11)12/h7H,2-6,10H2,1H3,(H,11,12). The lowest BCUT2D eigenvalue weighted by Crippen LogP contribution is -2.48. The third-order valence-electron chi connectivity index (χ3n) is 2.68. The van der Waals surface area contributed by atoms with Gasteiger partial charge < -0.3 is 15.6 Å². The third kappa shape index (κ3) is 2.42. The lowest BCUT2D eigenvalue weighted by molar-refractivity contribution is -0.146. The first-order chi connectivity index (χ1) is 6.12. The maximum absolute atomic E-state index is 10.5. The quantitative estimate of drug-likeness (QED) is 0.661. The first kappa shape index (κ1) is 10.5. The second-order valence-electron chi connectivity index (χ2n) is 3.76. The Hall–Kier alpha value is -0.610. The van der Waals surface area contributed by atoms with Gasteiger partial charge in [0.25, 0.3) is 0 Å². The summed E-state index contributed by atoms with van der Waals surface area (Å²) in [4.78, 5) is 10.5. The average molecular weight is 187 g/mol. The van der Waals surface area contributed by atoms with E-state index in [0.29, 0.717) is 13.2 Å². The van der Waals surface area contributed by atoms with Gasteiger partial charge in [-0.2, -0.15) is 0 Å². The molecular weight excluding hydrogens is 170 g/mol. The number of ether oxygens (including phenoxy) is 1. The van der Waals surface area contributed by atoms with Gasteiger partial charge in [0, 0.05) is 6.61 Å². The monoisotopic (exact) mass is 187 g/mol. The number of carboxylic acid groups (broad SMARTS) is 1. The molecule has 0 atom stereocenters. The molecule has 13 heavy (non-hydrogen) atoms. The number of carboxylic acids is 1. The molecule has 1 saturated carbocycles. The molecule has 0 aliphatic heterocycles. The lowest BCUT2D eigenvalue weighted by Gasteiger charge is -2.45. The summed E-state index contributed by atoms with van der Waals surface area (Å²) in [7, 11) is 0. The van der Waals surface area contributed by atoms with E-state index in [0.717, 1.165) is 12.8 Å². The van der Waals surface area contributed by atoms with Crippen molar-refractivity contribution in [2.45, 2.75) is 32.3 Å². The van der Waals surface area contributed by atoms with E-state index < -0.39 is 5.97 Å². The molecule has 1 fully saturated rings. The van der Waals surface area contributed by atoms with Crippen LogP contribution in [0.5, 0.6) is 0 Å². The van der Waals surface area contributed by atoms with Crippen LogP contribution in [0, 0.1) is 5.41 Å². The van der Waals surface area contributed by atoms with E-state index in [2.05, 4.69) is 0 Å². The molecule has 0 aromatic rings. The summed E-state index contributed by atoms with van der Waals surface area (Å²) in [5.41, 5.74) is 5.37. The molecule has 4 heteroatoms. The zero-order valence-corrected chi connectivity index (χ0v) is 7.95. The van der Waals surface area contributed by atoms with Crippen LogP contribution in [0.15, 0.2) is 0 Å². The number of hydrogen-bond donors (Lipinski definition) is 2. The molecule has 0 spiro atoms. The summed E-state index contributed by atoms with van der Waals surface area (Å²) in [6.45, 7) is 3.08. The second kappa shape index (κ2) is 4.07. The molecule has 0 saturated heterocycles. The van der Waals surface area contributed by atoms with Gasteiger partial charge in [0.15, 0.2) is 0 Å². The Morgan fingerprint density at radius 3 is 2.69 bits per heavy atom. The molecule has 1 aliphatic rings. The van der Waals surface area contributed by atoms with Crippen LogP contribution >= 0.6 is 0 Å². The Morgan fingerprint density at radius 2 is 2.31 bits per heavy atom. The fraction of sp³-hybridized carbons (Fsp3) is 0.889. The Kier molecular flexibility index (Phi) is 3.27. The molecule has 0 unspecified atom stereocenters. The zero-order chi connectivity index (χ0) is 9.90. The first-order valence-corrected chi connectivity index (χ1v) is 4.65. The van der Waals surface area contributed by atoms with Crippen molar-refractivity contribution < 1.29 is 14.6 Å². The third-order valence-corrected chi connectivity index (χ3v) is 2.68. The molecule has 0 radical (unpaired) electrons. The number of carbonyl (C=O) groups is 1. The van der Waals surface area contributed by atoms with E-state index in [4.69, 9.17) is 15.6 Å². The maximum Gasteiger partial charge on any atom is 0.303 e. The fourth-order valence-electron chi connectivity index (χ4n) is 1.96. The van der Waals surface area contributed by atoms with Crippen molar-refractivity contribution in [1.29, 1.82) is 0 Å². The van der Waals surface area contributed by atoms with Crippen LogP contribution < -0.4 is 5.73 Å². The SMILES string of the molecule is CCOC1CC(CN)(CC(=O)O)C1. The summed E-state index contributed by atoms with van der Waals surface area (Å²) in [5, 5.41) is 8.66. The van der Waals surface area contributed by atoms with Crippen LogP contribution in [0.3, 0.4) is 0 Å². The van der Waals surface area contributed by atoms with Gasteiger partial charge in [-0.25, -0.2) is 0 Å². The van der Waals surface area contributed by atoms with Gasteiger partial charge >= 0.3 is 5.97 Å². The van der Waals surface area contributed by atoms with Crippen LogP contribution in [-0.2, 0) is 9.53 Å². The highest BCUT2D eigenvalue weighted by Crippen LogP contribution is 2.44. The van der Waals surface area contributed by atoms with Crippen molar-refractivity contribution in [3.63, 3.8) is 0 Å². The molecule has 0 heterocycles. The van der Waals surface area contributed by atoms with E-state index in [1.165, 1.54) is 0 Å². The van der Waals surface area contributed by atoms with Gasteiger partial charge in [0.1, 0.15) is 0 Å². The van der Waals surface area contributed by atoms with Gasteiger partial charge in [0.2, 0.25) is 0 Å². The van der Waals surface area contributed by atoms with Crippen molar-refractivity contribution in [3.05, 3.63) is 0 Å². The molecule has 4 nitrogen and oxygen atoms in total. The van der Waals surface area contributed by atoms with E-state index in [-0.39, 0.29) is 17.9 Å². The number of rotatable bonds is 5. The van der Waals surface area contributed by atoms with Gasteiger partial charge in [-0.05, 0) is 31.7 Å². The lowest BCUT2D eigenvalue weighted by atomic mass is 9.65. The maximum atomic E-state index is 10.5. The number of nitrogens with two attached hydrogens (primary N) is 1. The van der Waals surface area contributed by atoms with Crippen molar-refractivity contribution in [2.75, 3.05) is 13.2 Å². The van der Waals surface area contributed by atoms with E-state index >= 15 is 0 Å². The van der Waals surface area contributed by atoms with Crippen LogP contribution in [0.4, 0.5) is 0 Å². The van der Waals surface area contributed by atoms with Gasteiger partial charge in [0.05, 0.1) is 12.5 Å². The highest BCUT2D eigenvalue weighted by Gasteiger charge is 2.45. The highest BCUT2D eigenvalue weighted by atomic mass is 16.5. The van der Waals surface area contributed by atoms with E-state index in [9.17, 15) is 4.79 Å². The summed E-state index contributed by atoms with van der Waals surface area (Å²) >= 11 is 0. The summed E-state index contributed by atoms with van der Waals surface area (Å²) in [6, 6.07) is 0. The van der Waals surface area contributed by atoms with Crippen LogP contribution in [-0.4, -0.2) is 30.3 Å². The molecule has 1 aliphatic carbocycles. The average Bonchev–Trinajstić information content (AvgIpc) is 1.99. The molecule has 76 valence electrons. The minimum absolute atomic E-state index is 0.174. The van der Waals surface area contributed by atoms with Crippen LogP contribution in [0.25, 0.3) is 0 Å².